The van der Waals surface area contributed by atoms with E-state index in [9.17, 15) is 33.9 Å². The molecule has 24 nitrogen and oxygen atoms in total. The van der Waals surface area contributed by atoms with Crippen LogP contribution < -0.4 is 17.0 Å². The van der Waals surface area contributed by atoms with E-state index in [-0.39, 0.29) is 40.7 Å². The van der Waals surface area contributed by atoms with E-state index in [0.717, 1.165) is 12.7 Å². The van der Waals surface area contributed by atoms with Crippen molar-refractivity contribution in [3.63, 3.8) is 0 Å². The van der Waals surface area contributed by atoms with E-state index in [4.69, 9.17) is 43.8 Å². The highest BCUT2D eigenvalue weighted by molar-refractivity contribution is 7.47. The Morgan fingerprint density at radius 2 is 1.56 bits per heavy atom. The van der Waals surface area contributed by atoms with Crippen molar-refractivity contribution in [2.45, 2.75) is 49.1 Å². The summed E-state index contributed by atoms with van der Waals surface area (Å²) in [5.74, 6) is -0.244. The van der Waals surface area contributed by atoms with Crippen molar-refractivity contribution < 1.29 is 61.4 Å². The molecule has 48 heavy (non-hydrogen) atoms. The van der Waals surface area contributed by atoms with Gasteiger partial charge in [0, 0.05) is 0 Å². The van der Waals surface area contributed by atoms with Crippen molar-refractivity contribution in [3.8, 4) is 0 Å². The lowest BCUT2D eigenvalue weighted by Gasteiger charge is -2.26. The monoisotopic (exact) mass is 718 g/mol. The highest BCUT2D eigenvalue weighted by Crippen LogP contribution is 2.54. The van der Waals surface area contributed by atoms with Gasteiger partial charge in [0.15, 0.2) is 35.1 Å². The molecule has 4 aromatic rings. The number of nitrogens with two attached hydrogens (primary N) is 2. The van der Waals surface area contributed by atoms with Gasteiger partial charge >= 0.3 is 15.6 Å². The van der Waals surface area contributed by atoms with Crippen LogP contribution in [0, 0.1) is 0 Å². The van der Waals surface area contributed by atoms with Gasteiger partial charge in [-0.15, -0.1) is 0 Å². The number of aliphatic hydroxyl groups is 2. The number of H-pyrrole nitrogens is 1. The van der Waals surface area contributed by atoms with Crippen molar-refractivity contribution >= 4 is 49.7 Å². The molecule has 3 aliphatic heterocycles. The van der Waals surface area contributed by atoms with Gasteiger partial charge in [0.25, 0.3) is 5.56 Å². The van der Waals surface area contributed by atoms with Gasteiger partial charge in [0.1, 0.15) is 48.5 Å². The Morgan fingerprint density at radius 1 is 0.917 bits per heavy atom. The number of hydrogen-bond donors (Lipinski definition) is 7. The number of anilines is 2. The van der Waals surface area contributed by atoms with E-state index < -0.39 is 90.1 Å². The number of aromatic nitrogens is 8. The predicted molar refractivity (Wildman–Crippen MR) is 154 cm³/mol. The average Bonchev–Trinajstić information content (AvgIpc) is 3.79. The minimum absolute atomic E-state index is 0.0335. The summed E-state index contributed by atoms with van der Waals surface area (Å²) in [7, 11) is -10.2. The van der Waals surface area contributed by atoms with Crippen LogP contribution in [0.5, 0.6) is 0 Å². The number of nitrogens with one attached hydrogen (secondary N) is 1. The first-order chi connectivity index (χ1) is 22.9. The molecule has 0 aliphatic carbocycles. The SMILES string of the molecule is Nc1nc2c(ncn2[C@@H]2O[C@@H]3COP(=O)(O)OC4[C@@H](COP(=O)(O)O[C@H]2C3OCCO)O[C@@H](n2cnc3c(N)ncnc32)[C@H]4O)c(=O)[nH]1. The molecule has 3 aliphatic rings. The summed E-state index contributed by atoms with van der Waals surface area (Å²) in [6.45, 7) is -2.41. The first-order valence-electron chi connectivity index (χ1n) is 14.0. The fraction of sp³-hybridized carbons (Fsp3) is 0.545. The number of ether oxygens (including phenoxy) is 3. The Hall–Kier alpha value is -3.48. The van der Waals surface area contributed by atoms with Crippen LogP contribution in [0.25, 0.3) is 22.3 Å². The molecule has 0 radical (unpaired) electrons. The largest absolute Gasteiger partial charge is 0.472 e. The van der Waals surface area contributed by atoms with Gasteiger partial charge < -0.3 is 45.7 Å². The molecule has 0 aromatic carbocycles. The Labute approximate surface area is 266 Å². The van der Waals surface area contributed by atoms with Crippen molar-refractivity contribution in [1.82, 2.24) is 39.0 Å². The van der Waals surface area contributed by atoms with Crippen LogP contribution >= 0.6 is 15.6 Å². The zero-order valence-corrected chi connectivity index (χ0v) is 26.0. The van der Waals surface area contributed by atoms with E-state index in [0.29, 0.717) is 0 Å². The number of fused-ring (bicyclic) bond motifs is 5. The number of rotatable bonds is 5. The maximum atomic E-state index is 13.5. The molecule has 10 atom stereocenters. The first-order valence-corrected chi connectivity index (χ1v) is 17.0. The maximum absolute atomic E-state index is 13.5. The van der Waals surface area contributed by atoms with E-state index in [1.807, 2.05) is 0 Å². The molecule has 9 N–H and O–H groups in total. The zero-order valence-electron chi connectivity index (χ0n) is 24.2. The van der Waals surface area contributed by atoms with Crippen molar-refractivity contribution in [2.75, 3.05) is 37.9 Å². The Kier molecular flexibility index (Phi) is 8.56. The summed E-state index contributed by atoms with van der Waals surface area (Å²) in [6, 6.07) is 0. The summed E-state index contributed by atoms with van der Waals surface area (Å²) in [6.07, 6.45) is -8.46. The number of phosphoric ester groups is 2. The van der Waals surface area contributed by atoms with Gasteiger partial charge in [-0.1, -0.05) is 0 Å². The van der Waals surface area contributed by atoms with Crippen molar-refractivity contribution in [3.05, 3.63) is 29.3 Å². The second-order valence-corrected chi connectivity index (χ2v) is 13.5. The van der Waals surface area contributed by atoms with Crippen molar-refractivity contribution in [2.24, 2.45) is 0 Å². The number of nitrogens with zero attached hydrogens (tertiary/aromatic N) is 7. The lowest BCUT2D eigenvalue weighted by Crippen LogP contribution is -2.38. The molecule has 2 bridgehead atoms. The summed E-state index contributed by atoms with van der Waals surface area (Å²) in [4.78, 5) is 56.5. The van der Waals surface area contributed by atoms with Gasteiger partial charge in [-0.2, -0.15) is 4.98 Å². The van der Waals surface area contributed by atoms with Crippen LogP contribution in [0.3, 0.4) is 0 Å². The minimum atomic E-state index is -5.13. The Bertz CT molecular complexity index is 1990. The van der Waals surface area contributed by atoms with Gasteiger partial charge in [-0.05, 0) is 0 Å². The van der Waals surface area contributed by atoms with E-state index >= 15 is 0 Å². The summed E-state index contributed by atoms with van der Waals surface area (Å²) in [5, 5.41) is 20.7. The fourth-order valence-corrected chi connectivity index (χ4v) is 7.56. The highest BCUT2D eigenvalue weighted by atomic mass is 31.2. The van der Waals surface area contributed by atoms with Crippen LogP contribution in [0.2, 0.25) is 0 Å². The molecular formula is C22H28N10O14P2. The number of nitrogen functional groups attached to an aromatic ring is 2. The predicted octanol–water partition coefficient (Wildman–Crippen LogP) is -2.32. The molecule has 4 aromatic heterocycles. The molecule has 0 spiro atoms. The molecule has 3 fully saturated rings. The molecule has 0 amide bonds. The molecule has 3 saturated heterocycles. The number of aromatic amines is 1. The van der Waals surface area contributed by atoms with E-state index in [1.54, 1.807) is 0 Å². The molecule has 7 rings (SSSR count). The molecule has 7 heterocycles. The average molecular weight is 718 g/mol. The van der Waals surface area contributed by atoms with Crippen LogP contribution in [-0.2, 0) is 41.4 Å². The normalized spacial score (nSPS) is 36.1. The van der Waals surface area contributed by atoms with Crippen LogP contribution in [0.1, 0.15) is 12.5 Å². The van der Waals surface area contributed by atoms with Crippen LogP contribution in [0.4, 0.5) is 11.8 Å². The number of aliphatic hydroxyl groups excluding tert-OH is 2. The highest BCUT2D eigenvalue weighted by Gasteiger charge is 2.54. The summed E-state index contributed by atoms with van der Waals surface area (Å²) >= 11 is 0. The quantitative estimate of drug-likeness (QED) is 0.106. The first kappa shape index (κ1) is 33.0. The molecule has 4 unspecified atom stereocenters. The molecule has 26 heteroatoms. The second-order valence-electron chi connectivity index (χ2n) is 10.7. The number of phosphoric acid groups is 2. The van der Waals surface area contributed by atoms with Crippen molar-refractivity contribution in [1.29, 1.82) is 0 Å². The second kappa shape index (κ2) is 12.4. The lowest BCUT2D eigenvalue weighted by atomic mass is 10.1. The summed E-state index contributed by atoms with van der Waals surface area (Å²) in [5.41, 5.74) is 10.9. The van der Waals surface area contributed by atoms with Gasteiger partial charge in [-0.3, -0.25) is 37.0 Å². The number of hydrogen-bond acceptors (Lipinski definition) is 19. The van der Waals surface area contributed by atoms with Crippen LogP contribution in [-0.4, -0.2) is 122 Å². The standard InChI is InChI=1S/C22H28N10O14P2/c23-16-10-17(26-5-25-16)31(6-27-10)20-12(34)13-8(43-20)3-41-48(38,39)46-15-14(40-2-1-33)9(4-42-47(36,37)45-13)44-21(15)32-7-28-11-18(32)29-22(24)30-19(11)35/h5-9,12-15,20-21,33-34H,1-4H2,(H,36,37)(H,38,39)(H2,23,25,26)(H3,24,29,30,35)/t8-,9-,12+,13?,14?,15+,20-,21-/m1/s1. The smallest absolute Gasteiger partial charge is 0.394 e. The fourth-order valence-electron chi connectivity index (χ4n) is 5.67. The van der Waals surface area contributed by atoms with Gasteiger partial charge in [0.2, 0.25) is 5.95 Å². The van der Waals surface area contributed by atoms with E-state index in [1.165, 1.54) is 15.5 Å². The Balaban J connectivity index is 1.23. The lowest BCUT2D eigenvalue weighted by molar-refractivity contribution is -0.0692. The third-order valence-electron chi connectivity index (χ3n) is 7.70. The summed E-state index contributed by atoms with van der Waals surface area (Å²) < 4.78 is 68.2. The van der Waals surface area contributed by atoms with Gasteiger partial charge in [0.05, 0.1) is 39.1 Å². The third kappa shape index (κ3) is 6.00. The van der Waals surface area contributed by atoms with Crippen LogP contribution in [0.15, 0.2) is 23.8 Å². The minimum Gasteiger partial charge on any atom is -0.394 e. The molecular weight excluding hydrogens is 690 g/mol. The Morgan fingerprint density at radius 3 is 2.29 bits per heavy atom. The molecule has 260 valence electrons. The maximum Gasteiger partial charge on any atom is 0.472 e. The molecule has 0 saturated carbocycles. The van der Waals surface area contributed by atoms with Gasteiger partial charge in [-0.25, -0.2) is 29.1 Å². The topological polar surface area (TPSA) is 339 Å². The number of imidazole rings is 2. The third-order valence-corrected chi connectivity index (χ3v) is 9.67. The van der Waals surface area contributed by atoms with E-state index in [2.05, 4.69) is 29.9 Å². The zero-order chi connectivity index (χ0) is 34.0.